The molecule has 3 heteroatoms. The number of hydrogen-bond acceptors (Lipinski definition) is 3. The number of carbonyl (C=O) groups excluding carboxylic acids is 1. The first-order valence-electron chi connectivity index (χ1n) is 3.86. The first-order valence-corrected chi connectivity index (χ1v) is 3.86. The number of rotatable bonds is 3. The summed E-state index contributed by atoms with van der Waals surface area (Å²) < 4.78 is 0. The molecular weight excluding hydrogens is 152 g/mol. The van der Waals surface area contributed by atoms with Gasteiger partial charge < -0.3 is 10.7 Å². The van der Waals surface area contributed by atoms with E-state index >= 15 is 0 Å². The molecule has 0 rings (SSSR count). The maximum absolute atomic E-state index is 11.6. The van der Waals surface area contributed by atoms with Crippen LogP contribution in [0.25, 0.3) is 0 Å². The van der Waals surface area contributed by atoms with Gasteiger partial charge >= 0.3 is 0 Å². The van der Waals surface area contributed by atoms with Gasteiger partial charge in [-0.05, 0) is 6.08 Å². The summed E-state index contributed by atoms with van der Waals surface area (Å²) >= 11 is 0. The lowest BCUT2D eigenvalue weighted by molar-refractivity contribution is -0.122. The normalized spacial score (nSPS) is 12.5. The molecule has 0 heterocycles. The van der Waals surface area contributed by atoms with E-state index in [0.29, 0.717) is 5.70 Å². The van der Waals surface area contributed by atoms with E-state index in [9.17, 15) is 4.79 Å². The molecule has 3 nitrogen and oxygen atoms in total. The molecule has 68 valence electrons. The molecule has 0 amide bonds. The second-order valence-corrected chi connectivity index (χ2v) is 3.58. The Bertz CT molecular complexity index is 211. The van der Waals surface area contributed by atoms with Crippen molar-refractivity contribution in [3.63, 3.8) is 0 Å². The van der Waals surface area contributed by atoms with Crippen LogP contribution in [-0.2, 0) is 4.79 Å². The van der Waals surface area contributed by atoms with Crippen LogP contribution in [0.3, 0.4) is 0 Å². The van der Waals surface area contributed by atoms with Crippen LogP contribution in [0, 0.1) is 10.8 Å². The van der Waals surface area contributed by atoms with Gasteiger partial charge in [0.15, 0.2) is 5.78 Å². The molecule has 0 fully saturated rings. The molecule has 0 aromatic rings. The summed E-state index contributed by atoms with van der Waals surface area (Å²) in [5.41, 5.74) is 0.0928. The summed E-state index contributed by atoms with van der Waals surface area (Å²) in [6.07, 6.45) is 2.57. The Labute approximate surface area is 73.4 Å². The molecule has 12 heavy (non-hydrogen) atoms. The van der Waals surface area contributed by atoms with E-state index in [1.165, 1.54) is 6.08 Å². The van der Waals surface area contributed by atoms with Gasteiger partial charge in [-0.2, -0.15) is 0 Å². The van der Waals surface area contributed by atoms with Crippen molar-refractivity contribution >= 4 is 12.0 Å². The van der Waals surface area contributed by atoms with Gasteiger partial charge in [0.25, 0.3) is 0 Å². The van der Waals surface area contributed by atoms with E-state index in [0.717, 1.165) is 6.21 Å². The van der Waals surface area contributed by atoms with Crippen LogP contribution in [0.4, 0.5) is 0 Å². The van der Waals surface area contributed by atoms with Crippen molar-refractivity contribution < 1.29 is 4.79 Å². The Hall–Kier alpha value is -1.12. The second-order valence-electron chi connectivity index (χ2n) is 3.58. The molecule has 0 radical (unpaired) electrons. The van der Waals surface area contributed by atoms with Crippen LogP contribution in [0.1, 0.15) is 20.8 Å². The highest BCUT2D eigenvalue weighted by molar-refractivity contribution is 6.01. The molecule has 0 aromatic heterocycles. The molecular formula is C9H16N2O. The SMILES string of the molecule is CN/C(=C\C=N)C(=O)C(C)(C)C. The van der Waals surface area contributed by atoms with Gasteiger partial charge in [-0.15, -0.1) is 0 Å². The third-order valence-electron chi connectivity index (χ3n) is 1.45. The van der Waals surface area contributed by atoms with E-state index in [-0.39, 0.29) is 5.78 Å². The molecule has 0 bridgehead atoms. The van der Waals surface area contributed by atoms with Crippen LogP contribution in [0.15, 0.2) is 11.8 Å². The number of likely N-dealkylation sites (N-methyl/N-ethyl adjacent to an activating group) is 1. The van der Waals surface area contributed by atoms with Gasteiger partial charge in [-0.25, -0.2) is 0 Å². The standard InChI is InChI=1S/C9H16N2O/c1-9(2,3)8(12)7(11-4)5-6-10/h5-6,10-11H,1-4H3/b7-5-,10-6?. The Balaban J connectivity index is 4.66. The van der Waals surface area contributed by atoms with Crippen molar-refractivity contribution in [1.82, 2.24) is 5.32 Å². The van der Waals surface area contributed by atoms with Crippen molar-refractivity contribution in [1.29, 1.82) is 5.41 Å². The maximum Gasteiger partial charge on any atom is 0.183 e. The minimum atomic E-state index is -0.391. The van der Waals surface area contributed by atoms with Crippen LogP contribution in [0.5, 0.6) is 0 Å². The van der Waals surface area contributed by atoms with Crippen LogP contribution in [-0.4, -0.2) is 19.0 Å². The topological polar surface area (TPSA) is 53.0 Å². The van der Waals surface area contributed by atoms with Crippen LogP contribution in [0.2, 0.25) is 0 Å². The largest absolute Gasteiger partial charge is 0.385 e. The zero-order valence-electron chi connectivity index (χ0n) is 8.06. The monoisotopic (exact) mass is 168 g/mol. The second kappa shape index (κ2) is 4.04. The fourth-order valence-corrected chi connectivity index (χ4v) is 0.760. The van der Waals surface area contributed by atoms with E-state index < -0.39 is 5.41 Å². The van der Waals surface area contributed by atoms with Crippen molar-refractivity contribution in [3.05, 3.63) is 11.8 Å². The van der Waals surface area contributed by atoms with Crippen molar-refractivity contribution in [3.8, 4) is 0 Å². The fraction of sp³-hybridized carbons (Fsp3) is 0.556. The summed E-state index contributed by atoms with van der Waals surface area (Å²) in [6.45, 7) is 5.55. The van der Waals surface area contributed by atoms with Gasteiger partial charge in [-0.1, -0.05) is 20.8 Å². The quantitative estimate of drug-likeness (QED) is 0.493. The fourth-order valence-electron chi connectivity index (χ4n) is 0.760. The molecule has 0 aliphatic carbocycles. The van der Waals surface area contributed by atoms with Gasteiger partial charge in [0.05, 0.1) is 5.70 Å². The average molecular weight is 168 g/mol. The predicted molar refractivity (Wildman–Crippen MR) is 50.4 cm³/mol. The molecule has 0 aliphatic heterocycles. The van der Waals surface area contributed by atoms with Gasteiger partial charge in [0, 0.05) is 18.7 Å². The maximum atomic E-state index is 11.6. The molecule has 0 spiro atoms. The molecule has 0 atom stereocenters. The first-order chi connectivity index (χ1) is 5.43. The number of nitrogens with one attached hydrogen (secondary N) is 2. The predicted octanol–water partition coefficient (Wildman–Crippen LogP) is 1.35. The highest BCUT2D eigenvalue weighted by atomic mass is 16.1. The zero-order chi connectivity index (χ0) is 9.78. The van der Waals surface area contributed by atoms with Crippen molar-refractivity contribution in [2.24, 2.45) is 5.41 Å². The number of Topliss-reactive ketones (excluding diaryl/α,β-unsaturated/α-hetero) is 1. The summed E-state index contributed by atoms with van der Waals surface area (Å²) in [6, 6.07) is 0. The lowest BCUT2D eigenvalue weighted by Gasteiger charge is -2.18. The third kappa shape index (κ3) is 2.86. The van der Waals surface area contributed by atoms with Gasteiger partial charge in [-0.3, -0.25) is 4.79 Å². The van der Waals surface area contributed by atoms with E-state index in [1.807, 2.05) is 20.8 Å². The minimum Gasteiger partial charge on any atom is -0.385 e. The molecule has 0 saturated heterocycles. The summed E-state index contributed by atoms with van der Waals surface area (Å²) in [7, 11) is 1.68. The van der Waals surface area contributed by atoms with E-state index in [1.54, 1.807) is 7.05 Å². The lowest BCUT2D eigenvalue weighted by Crippen LogP contribution is -2.28. The number of hydrogen-bond donors (Lipinski definition) is 2. The minimum absolute atomic E-state index is 0.0218. The Kier molecular flexibility index (Phi) is 3.67. The number of ketones is 1. The summed E-state index contributed by atoms with van der Waals surface area (Å²) in [4.78, 5) is 11.6. The highest BCUT2D eigenvalue weighted by Crippen LogP contribution is 2.17. The van der Waals surface area contributed by atoms with E-state index in [4.69, 9.17) is 5.41 Å². The van der Waals surface area contributed by atoms with Crippen LogP contribution >= 0.6 is 0 Å². The van der Waals surface area contributed by atoms with Crippen LogP contribution < -0.4 is 5.32 Å². The van der Waals surface area contributed by atoms with Gasteiger partial charge in [0.2, 0.25) is 0 Å². The highest BCUT2D eigenvalue weighted by Gasteiger charge is 2.23. The van der Waals surface area contributed by atoms with Gasteiger partial charge in [0.1, 0.15) is 0 Å². The molecule has 0 saturated carbocycles. The smallest absolute Gasteiger partial charge is 0.183 e. The Morgan fingerprint density at radius 1 is 1.42 bits per heavy atom. The Morgan fingerprint density at radius 3 is 2.17 bits per heavy atom. The van der Waals surface area contributed by atoms with E-state index in [2.05, 4.69) is 5.32 Å². The summed E-state index contributed by atoms with van der Waals surface area (Å²) in [5.74, 6) is 0.0218. The number of carbonyl (C=O) groups is 1. The summed E-state index contributed by atoms with van der Waals surface area (Å²) in [5, 5.41) is 9.61. The zero-order valence-corrected chi connectivity index (χ0v) is 8.06. The third-order valence-corrected chi connectivity index (χ3v) is 1.45. The molecule has 0 aliphatic rings. The average Bonchev–Trinajstić information content (AvgIpc) is 1.97. The number of allylic oxidation sites excluding steroid dienone is 2. The van der Waals surface area contributed by atoms with Crippen molar-refractivity contribution in [2.75, 3.05) is 7.05 Å². The van der Waals surface area contributed by atoms with Crippen molar-refractivity contribution in [2.45, 2.75) is 20.8 Å². The molecule has 2 N–H and O–H groups in total. The molecule has 0 unspecified atom stereocenters. The Morgan fingerprint density at radius 2 is 1.92 bits per heavy atom. The molecule has 0 aromatic carbocycles. The lowest BCUT2D eigenvalue weighted by atomic mass is 9.89. The first kappa shape index (κ1) is 10.9.